The zero-order valence-corrected chi connectivity index (χ0v) is 23.9. The Balaban J connectivity index is 0.00000361. The molecule has 3 amide bonds. The maximum atomic E-state index is 13.3. The average Bonchev–Trinajstić information content (AvgIpc) is 2.86. The standard InChI is InChI=1S/C26H36N6O4.2ClH/c1-16(2)11-21-20(13-28)24(19-7-5-18(12-27)6-8-19)25(17(3)29-21)30-26(35)32-10-9-31(22(33)14-32)15-23(34)36-4;;/h5-8,16H,9-15,27-28H2,1-4H3,(H,30,35);2*1H. The first-order valence-electron chi connectivity index (χ1n) is 12.1. The van der Waals surface area contributed by atoms with Gasteiger partial charge in [-0.2, -0.15) is 0 Å². The molecule has 0 saturated carbocycles. The Morgan fingerprint density at radius 1 is 1.11 bits per heavy atom. The minimum atomic E-state index is -0.496. The highest BCUT2D eigenvalue weighted by atomic mass is 35.5. The van der Waals surface area contributed by atoms with Crippen LogP contribution in [0.15, 0.2) is 24.3 Å². The number of nitrogens with two attached hydrogens (primary N) is 2. The number of halogens is 2. The lowest BCUT2D eigenvalue weighted by Gasteiger charge is -2.34. The fourth-order valence-electron chi connectivity index (χ4n) is 4.31. The van der Waals surface area contributed by atoms with Crippen LogP contribution in [0.1, 0.15) is 36.4 Å². The van der Waals surface area contributed by atoms with Crippen LogP contribution in [0.3, 0.4) is 0 Å². The van der Waals surface area contributed by atoms with Crippen LogP contribution in [-0.4, -0.2) is 66.0 Å². The van der Waals surface area contributed by atoms with Crippen LogP contribution >= 0.6 is 24.8 Å². The summed E-state index contributed by atoms with van der Waals surface area (Å²) in [6, 6.07) is 7.45. The highest BCUT2D eigenvalue weighted by molar-refractivity contribution is 5.98. The van der Waals surface area contributed by atoms with Gasteiger partial charge >= 0.3 is 12.0 Å². The van der Waals surface area contributed by atoms with Crippen LogP contribution in [0.2, 0.25) is 0 Å². The predicted molar refractivity (Wildman–Crippen MR) is 152 cm³/mol. The Kier molecular flexibility index (Phi) is 13.0. The first-order chi connectivity index (χ1) is 17.2. The van der Waals surface area contributed by atoms with E-state index in [0.717, 1.165) is 34.4 Å². The van der Waals surface area contributed by atoms with E-state index in [1.54, 1.807) is 0 Å². The van der Waals surface area contributed by atoms with E-state index in [1.807, 2.05) is 31.2 Å². The smallest absolute Gasteiger partial charge is 0.325 e. The number of benzene rings is 1. The van der Waals surface area contributed by atoms with Crippen molar-refractivity contribution in [3.8, 4) is 11.1 Å². The summed E-state index contributed by atoms with van der Waals surface area (Å²) in [6.07, 6.45) is 0.756. The Morgan fingerprint density at radius 2 is 1.76 bits per heavy atom. The summed E-state index contributed by atoms with van der Waals surface area (Å²) in [7, 11) is 1.27. The summed E-state index contributed by atoms with van der Waals surface area (Å²) in [5.74, 6) is -0.435. The number of aromatic nitrogens is 1. The predicted octanol–water partition coefficient (Wildman–Crippen LogP) is 2.87. The Hall–Kier alpha value is -2.92. The highest BCUT2D eigenvalue weighted by Gasteiger charge is 2.30. The quantitative estimate of drug-likeness (QED) is 0.415. The van der Waals surface area contributed by atoms with E-state index in [1.165, 1.54) is 16.9 Å². The van der Waals surface area contributed by atoms with Crippen LogP contribution in [0.5, 0.6) is 0 Å². The van der Waals surface area contributed by atoms with Crippen molar-refractivity contribution < 1.29 is 19.1 Å². The molecule has 38 heavy (non-hydrogen) atoms. The van der Waals surface area contributed by atoms with Gasteiger partial charge in [-0.05, 0) is 36.0 Å². The number of carbonyl (C=O) groups excluding carboxylic acids is 3. The van der Waals surface area contributed by atoms with Crippen molar-refractivity contribution in [2.45, 2.75) is 40.3 Å². The van der Waals surface area contributed by atoms with E-state index in [-0.39, 0.29) is 63.4 Å². The SMILES string of the molecule is COC(=O)CN1CCN(C(=O)Nc2c(C)nc(CC(C)C)c(CN)c2-c2ccc(CN)cc2)CC1=O.Cl.Cl. The molecule has 210 valence electrons. The van der Waals surface area contributed by atoms with Crippen molar-refractivity contribution in [1.29, 1.82) is 0 Å². The second kappa shape index (κ2) is 14.9. The third-order valence-corrected chi connectivity index (χ3v) is 6.23. The molecule has 2 heterocycles. The number of hydrogen-bond donors (Lipinski definition) is 3. The minimum absolute atomic E-state index is 0. The Bertz CT molecular complexity index is 1130. The Morgan fingerprint density at radius 3 is 2.29 bits per heavy atom. The number of nitrogens with one attached hydrogen (secondary N) is 1. The second-order valence-electron chi connectivity index (χ2n) is 9.32. The van der Waals surface area contributed by atoms with Gasteiger partial charge < -0.3 is 31.3 Å². The summed E-state index contributed by atoms with van der Waals surface area (Å²) < 4.78 is 4.64. The monoisotopic (exact) mass is 568 g/mol. The number of pyridine rings is 1. The fraction of sp³-hybridized carbons (Fsp3) is 0.462. The lowest BCUT2D eigenvalue weighted by atomic mass is 9.92. The molecule has 0 radical (unpaired) electrons. The Labute approximate surface area is 236 Å². The van der Waals surface area contributed by atoms with Crippen LogP contribution in [-0.2, 0) is 33.8 Å². The number of methoxy groups -OCH3 is 1. The van der Waals surface area contributed by atoms with Gasteiger partial charge in [0.2, 0.25) is 5.91 Å². The van der Waals surface area contributed by atoms with E-state index in [4.69, 9.17) is 16.5 Å². The summed E-state index contributed by atoms with van der Waals surface area (Å²) in [4.78, 5) is 45.0. The van der Waals surface area contributed by atoms with Crippen molar-refractivity contribution >= 4 is 48.4 Å². The van der Waals surface area contributed by atoms with Gasteiger partial charge in [0, 0.05) is 37.4 Å². The zero-order valence-electron chi connectivity index (χ0n) is 22.3. The molecular weight excluding hydrogens is 531 g/mol. The number of urea groups is 1. The maximum absolute atomic E-state index is 13.3. The first kappa shape index (κ1) is 33.1. The van der Waals surface area contributed by atoms with Gasteiger partial charge in [-0.1, -0.05) is 38.1 Å². The van der Waals surface area contributed by atoms with Crippen molar-refractivity contribution in [1.82, 2.24) is 14.8 Å². The van der Waals surface area contributed by atoms with Gasteiger partial charge in [0.05, 0.1) is 18.5 Å². The van der Waals surface area contributed by atoms with Crippen molar-refractivity contribution in [3.63, 3.8) is 0 Å². The highest BCUT2D eigenvalue weighted by Crippen LogP contribution is 2.36. The lowest BCUT2D eigenvalue weighted by molar-refractivity contribution is -0.148. The van der Waals surface area contributed by atoms with E-state index in [9.17, 15) is 14.4 Å². The molecule has 0 atom stereocenters. The number of amides is 3. The minimum Gasteiger partial charge on any atom is -0.468 e. The number of hydrogen-bond acceptors (Lipinski definition) is 7. The molecule has 0 spiro atoms. The number of carbonyl (C=O) groups is 3. The van der Waals surface area contributed by atoms with Crippen LogP contribution in [0, 0.1) is 12.8 Å². The number of piperazine rings is 1. The normalized spacial score (nSPS) is 13.1. The van der Waals surface area contributed by atoms with E-state index in [2.05, 4.69) is 23.9 Å². The molecule has 0 unspecified atom stereocenters. The summed E-state index contributed by atoms with van der Waals surface area (Å²) >= 11 is 0. The second-order valence-corrected chi connectivity index (χ2v) is 9.32. The number of anilines is 1. The van der Waals surface area contributed by atoms with Crippen molar-refractivity contribution in [2.75, 3.05) is 38.6 Å². The molecule has 3 rings (SSSR count). The molecule has 0 bridgehead atoms. The van der Waals surface area contributed by atoms with E-state index >= 15 is 0 Å². The number of aryl methyl sites for hydroxylation is 1. The third-order valence-electron chi connectivity index (χ3n) is 6.23. The fourth-order valence-corrected chi connectivity index (χ4v) is 4.31. The molecule has 1 aromatic carbocycles. The number of ether oxygens (including phenoxy) is 1. The van der Waals surface area contributed by atoms with Gasteiger partial charge in [0.25, 0.3) is 0 Å². The molecule has 1 saturated heterocycles. The third kappa shape index (κ3) is 7.80. The lowest BCUT2D eigenvalue weighted by Crippen LogP contribution is -2.54. The van der Waals surface area contributed by atoms with Gasteiger partial charge in [-0.15, -0.1) is 24.8 Å². The average molecular weight is 570 g/mol. The topological polar surface area (TPSA) is 144 Å². The maximum Gasteiger partial charge on any atom is 0.325 e. The van der Waals surface area contributed by atoms with Crippen LogP contribution in [0.4, 0.5) is 10.5 Å². The van der Waals surface area contributed by atoms with E-state index in [0.29, 0.717) is 23.8 Å². The van der Waals surface area contributed by atoms with E-state index < -0.39 is 12.0 Å². The van der Waals surface area contributed by atoms with Gasteiger partial charge in [0.1, 0.15) is 13.1 Å². The zero-order chi connectivity index (χ0) is 26.4. The molecule has 1 aromatic heterocycles. The number of rotatable bonds is 8. The summed E-state index contributed by atoms with van der Waals surface area (Å²) in [5, 5.41) is 3.00. The first-order valence-corrected chi connectivity index (χ1v) is 12.1. The van der Waals surface area contributed by atoms with Crippen LogP contribution in [0.25, 0.3) is 11.1 Å². The van der Waals surface area contributed by atoms with Gasteiger partial charge in [0.15, 0.2) is 0 Å². The molecule has 1 fully saturated rings. The largest absolute Gasteiger partial charge is 0.468 e. The van der Waals surface area contributed by atoms with Gasteiger partial charge in [-0.3, -0.25) is 14.6 Å². The number of nitrogens with zero attached hydrogens (tertiary/aromatic N) is 3. The van der Waals surface area contributed by atoms with Crippen molar-refractivity contribution in [3.05, 3.63) is 46.8 Å². The molecule has 1 aliphatic heterocycles. The molecule has 2 aromatic rings. The van der Waals surface area contributed by atoms with Crippen LogP contribution < -0.4 is 16.8 Å². The molecular formula is C26H38Cl2N6O4. The molecule has 12 heteroatoms. The number of esters is 1. The molecule has 1 aliphatic rings. The van der Waals surface area contributed by atoms with Gasteiger partial charge in [-0.25, -0.2) is 4.79 Å². The molecule has 10 nitrogen and oxygen atoms in total. The van der Waals surface area contributed by atoms with Crippen molar-refractivity contribution in [2.24, 2.45) is 17.4 Å². The summed E-state index contributed by atoms with van der Waals surface area (Å²) in [6.45, 7) is 7.06. The summed E-state index contributed by atoms with van der Waals surface area (Å²) in [5.41, 5.74) is 17.8. The molecule has 0 aliphatic carbocycles. The molecule has 5 N–H and O–H groups in total.